The van der Waals surface area contributed by atoms with Crippen LogP contribution in [0.2, 0.25) is 0 Å². The van der Waals surface area contributed by atoms with Crippen LogP contribution in [0.3, 0.4) is 0 Å². The number of carbonyl (C=O) groups is 4. The van der Waals surface area contributed by atoms with E-state index in [-0.39, 0.29) is 197 Å². The minimum Gasteiger partial charge on any atom is -0.548 e. The second kappa shape index (κ2) is 24.1. The number of nitrogens with zero attached hydrogens (tertiary/aromatic N) is 2. The maximum absolute atomic E-state index is 11.5. The Morgan fingerprint density at radius 1 is 0.474 bits per heavy atom. The number of hydrogen-bond acceptors (Lipinski definition) is 14. The molecule has 0 aromatic carbocycles. The van der Waals surface area contributed by atoms with E-state index in [1.807, 2.05) is 0 Å². The van der Waals surface area contributed by atoms with E-state index in [4.69, 9.17) is 18.9 Å². The van der Waals surface area contributed by atoms with E-state index < -0.39 is 35.0 Å². The Hall–Kier alpha value is 1.64. The Kier molecular flexibility index (Phi) is 29.6. The summed E-state index contributed by atoms with van der Waals surface area (Å²) in [4.78, 5) is 48.2. The number of carbonyl (C=O) groups excluding carboxylic acids is 4. The number of carboxylic acids is 4. The maximum atomic E-state index is 11.5. The molecule has 0 aromatic heterocycles. The van der Waals surface area contributed by atoms with Crippen LogP contribution >= 0.6 is 0 Å². The van der Waals surface area contributed by atoms with Gasteiger partial charge in [0.1, 0.15) is 0 Å². The third kappa shape index (κ3) is 14.2. The average molecular weight is 582 g/mol. The van der Waals surface area contributed by atoms with E-state index in [0.29, 0.717) is 0 Å². The monoisotopic (exact) mass is 582 g/mol. The van der Waals surface area contributed by atoms with Gasteiger partial charge in [-0.05, 0) is 13.8 Å². The van der Waals surface area contributed by atoms with Crippen molar-refractivity contribution in [3.05, 3.63) is 0 Å². The topological polar surface area (TPSA) is 204 Å². The molecule has 1 saturated heterocycles. The second-order valence-corrected chi connectivity index (χ2v) is 7.72. The first kappa shape index (κ1) is 46.6. The van der Waals surface area contributed by atoms with E-state index >= 15 is 0 Å². The molecular formula is C20H30N2Na4O12. The van der Waals surface area contributed by atoms with Crippen LogP contribution in [-0.2, 0) is 38.1 Å². The van der Waals surface area contributed by atoms with Gasteiger partial charge in [-0.1, -0.05) is 0 Å². The Labute approximate surface area is 310 Å². The number of hydrogen-bond donors (Lipinski definition) is 0. The van der Waals surface area contributed by atoms with Crippen molar-refractivity contribution < 1.29 is 177 Å². The smallest absolute Gasteiger partial charge is 0.548 e. The maximum Gasteiger partial charge on any atom is 1.00 e. The van der Waals surface area contributed by atoms with Gasteiger partial charge in [-0.3, -0.25) is 9.80 Å². The molecule has 196 valence electrons. The Bertz CT molecular complexity index is 613. The summed E-state index contributed by atoms with van der Waals surface area (Å²) in [5, 5.41) is 46.0. The molecule has 1 rings (SSSR count). The molecule has 0 amide bonds. The molecule has 18 heteroatoms. The fraction of sp³-hybridized carbons (Fsp3) is 0.800. The molecule has 0 unspecified atom stereocenters. The Balaban J connectivity index is -0.00000144. The summed E-state index contributed by atoms with van der Waals surface area (Å²) in [5.41, 5.74) is -4.79. The second-order valence-electron chi connectivity index (χ2n) is 7.72. The van der Waals surface area contributed by atoms with Crippen LogP contribution in [0, 0.1) is 0 Å². The van der Waals surface area contributed by atoms with Crippen LogP contribution in [0.4, 0.5) is 0 Å². The summed E-state index contributed by atoms with van der Waals surface area (Å²) < 4.78 is 21.4. The third-order valence-electron chi connectivity index (χ3n) is 5.62. The fourth-order valence-electron chi connectivity index (χ4n) is 3.14. The van der Waals surface area contributed by atoms with Crippen LogP contribution in [0.1, 0.15) is 13.8 Å². The van der Waals surface area contributed by atoms with Gasteiger partial charge in [0.25, 0.3) is 0 Å². The normalized spacial score (nSPS) is 17.9. The SMILES string of the molecule is CC(C(=O)[O-])(C(=O)[O-])N1CCOCCOCCN(C(C)(C(=O)[O-])C(=O)[O-])CCOCCOCC1.[Na+].[Na+].[Na+].[Na+]. The molecule has 0 bridgehead atoms. The zero-order valence-electron chi connectivity index (χ0n) is 23.3. The van der Waals surface area contributed by atoms with Crippen molar-refractivity contribution in [3.63, 3.8) is 0 Å². The Morgan fingerprint density at radius 3 is 0.816 bits per heavy atom. The van der Waals surface area contributed by atoms with E-state index in [0.717, 1.165) is 23.6 Å². The number of rotatable bonds is 6. The minimum atomic E-state index is -2.39. The summed E-state index contributed by atoms with van der Waals surface area (Å²) in [7, 11) is 0. The molecule has 0 atom stereocenters. The zero-order valence-corrected chi connectivity index (χ0v) is 31.3. The first-order chi connectivity index (χ1) is 16.0. The number of carboxylic acid groups (broad SMARTS) is 4. The van der Waals surface area contributed by atoms with Crippen molar-refractivity contribution in [1.29, 1.82) is 0 Å². The van der Waals surface area contributed by atoms with E-state index in [1.54, 1.807) is 0 Å². The molecule has 0 saturated carbocycles. The predicted molar refractivity (Wildman–Crippen MR) is 103 cm³/mol. The van der Waals surface area contributed by atoms with Crippen LogP contribution in [0.5, 0.6) is 0 Å². The molecule has 38 heavy (non-hydrogen) atoms. The first-order valence-corrected chi connectivity index (χ1v) is 10.7. The summed E-state index contributed by atoms with van der Waals surface area (Å²) >= 11 is 0. The van der Waals surface area contributed by atoms with E-state index in [9.17, 15) is 39.6 Å². The molecule has 0 aromatic rings. The molecule has 14 nitrogen and oxygen atoms in total. The van der Waals surface area contributed by atoms with Crippen LogP contribution in [-0.4, -0.2) is 124 Å². The van der Waals surface area contributed by atoms with Gasteiger partial charge in [0.05, 0.1) is 87.8 Å². The van der Waals surface area contributed by atoms with Crippen molar-refractivity contribution in [3.8, 4) is 0 Å². The van der Waals surface area contributed by atoms with Gasteiger partial charge in [0, 0.05) is 26.2 Å². The molecule has 0 N–H and O–H groups in total. The summed E-state index contributed by atoms with van der Waals surface area (Å²) in [6, 6.07) is 0. The fourth-order valence-corrected chi connectivity index (χ4v) is 3.14. The van der Waals surface area contributed by atoms with Crippen LogP contribution in [0.15, 0.2) is 0 Å². The standard InChI is InChI=1S/C20H34N2O12.4Na/c1-19(15(23)24,16(25)26)21-3-7-31-11-13-33-9-5-22(20(2,17(27)28)18(29)30)6-10-34-14-12-32-8-4-21;;;;/h3-14H2,1-2H3,(H,23,24)(H,25,26)(H,27,28)(H,29,30);;;;/q;4*+1/p-4. The number of ether oxygens (including phenoxy) is 4. The van der Waals surface area contributed by atoms with Crippen molar-refractivity contribution in [1.82, 2.24) is 9.80 Å². The van der Waals surface area contributed by atoms with Crippen molar-refractivity contribution in [2.75, 3.05) is 79.0 Å². The van der Waals surface area contributed by atoms with Gasteiger partial charge in [0.15, 0.2) is 0 Å². The first-order valence-electron chi connectivity index (χ1n) is 10.7. The Morgan fingerprint density at radius 2 is 0.658 bits per heavy atom. The van der Waals surface area contributed by atoms with Crippen molar-refractivity contribution in [2.24, 2.45) is 0 Å². The molecule has 0 aliphatic carbocycles. The molecule has 1 aliphatic rings. The van der Waals surface area contributed by atoms with Gasteiger partial charge < -0.3 is 58.6 Å². The molecular weight excluding hydrogens is 552 g/mol. The number of aliphatic carboxylic acids is 4. The summed E-state index contributed by atoms with van der Waals surface area (Å²) in [5.74, 6) is -7.31. The minimum absolute atomic E-state index is 0. The molecule has 0 radical (unpaired) electrons. The molecule has 0 spiro atoms. The quantitative estimate of drug-likeness (QED) is 0.211. The average Bonchev–Trinajstić information content (AvgIpc) is 2.77. The van der Waals surface area contributed by atoms with Gasteiger partial charge in [-0.25, -0.2) is 0 Å². The summed E-state index contributed by atoms with van der Waals surface area (Å²) in [6.45, 7) is 1.67. The summed E-state index contributed by atoms with van der Waals surface area (Å²) in [6.07, 6.45) is 0. The van der Waals surface area contributed by atoms with E-state index in [2.05, 4.69) is 0 Å². The van der Waals surface area contributed by atoms with Crippen molar-refractivity contribution in [2.45, 2.75) is 24.9 Å². The molecule has 1 heterocycles. The molecule has 1 fully saturated rings. The third-order valence-corrected chi connectivity index (χ3v) is 5.62. The van der Waals surface area contributed by atoms with Crippen LogP contribution in [0.25, 0.3) is 0 Å². The van der Waals surface area contributed by atoms with Gasteiger partial charge in [0.2, 0.25) is 0 Å². The van der Waals surface area contributed by atoms with Crippen molar-refractivity contribution >= 4 is 23.9 Å². The predicted octanol–water partition coefficient (Wildman–Crippen LogP) is -18.8. The van der Waals surface area contributed by atoms with E-state index in [1.165, 1.54) is 0 Å². The van der Waals surface area contributed by atoms with Gasteiger partial charge in [-0.15, -0.1) is 0 Å². The van der Waals surface area contributed by atoms with Crippen LogP contribution < -0.4 is 139 Å². The van der Waals surface area contributed by atoms with Gasteiger partial charge in [-0.2, -0.15) is 0 Å². The zero-order chi connectivity index (χ0) is 25.8. The van der Waals surface area contributed by atoms with Gasteiger partial charge >= 0.3 is 118 Å². The largest absolute Gasteiger partial charge is 1.00 e. The molecule has 1 aliphatic heterocycles.